The summed E-state index contributed by atoms with van der Waals surface area (Å²) < 4.78 is 24.2. The lowest BCUT2D eigenvalue weighted by molar-refractivity contribution is -0.239. The summed E-state index contributed by atoms with van der Waals surface area (Å²) >= 11 is 0. The van der Waals surface area contributed by atoms with Crippen LogP contribution in [0.4, 0.5) is 0 Å². The average Bonchev–Trinajstić information content (AvgIpc) is 3.54. The van der Waals surface area contributed by atoms with E-state index in [9.17, 15) is 19.5 Å². The maximum atomic E-state index is 13.1. The molecule has 6 rings (SSSR count). The molecule has 4 fully saturated rings. The third kappa shape index (κ3) is 3.07. The van der Waals surface area contributed by atoms with Crippen LogP contribution in [0.1, 0.15) is 78.7 Å². The molecule has 0 radical (unpaired) electrons. The zero-order valence-corrected chi connectivity index (χ0v) is 23.0. The fraction of sp³-hybridized carbons (Fsp3) is 0.700. The second kappa shape index (κ2) is 8.04. The molecule has 3 saturated carbocycles. The second-order valence-corrected chi connectivity index (χ2v) is 13.2. The van der Waals surface area contributed by atoms with E-state index in [0.717, 1.165) is 11.1 Å². The monoisotopic (exact) mass is 526 g/mol. The molecule has 8 heteroatoms. The highest BCUT2D eigenvalue weighted by atomic mass is 16.6. The van der Waals surface area contributed by atoms with Crippen LogP contribution in [0.3, 0.4) is 0 Å². The van der Waals surface area contributed by atoms with Crippen molar-refractivity contribution in [3.05, 3.63) is 35.8 Å². The number of fused-ring (bicyclic) bond motifs is 3. The Labute approximate surface area is 223 Å². The van der Waals surface area contributed by atoms with Crippen LogP contribution >= 0.6 is 0 Å². The van der Waals surface area contributed by atoms with Gasteiger partial charge in [-0.05, 0) is 44.2 Å². The predicted octanol–water partition coefficient (Wildman–Crippen LogP) is 4.11. The van der Waals surface area contributed by atoms with Gasteiger partial charge >= 0.3 is 11.9 Å². The first-order valence-corrected chi connectivity index (χ1v) is 13.7. The third-order valence-corrected chi connectivity index (χ3v) is 11.0. The van der Waals surface area contributed by atoms with Crippen LogP contribution < -0.4 is 0 Å². The SMILES string of the molecule is CC(=O)O[C@H]1[C@H](O)C2[C@@]34CC(=O)C[C@@H]3OC(C)(C)[C@@H]4C[C@@H](OC(C)=O)[C@@]2(C)C2=CC[C@@H](c3ccoc3)[C@@]21C. The van der Waals surface area contributed by atoms with E-state index in [2.05, 4.69) is 13.0 Å². The van der Waals surface area contributed by atoms with Gasteiger partial charge in [-0.2, -0.15) is 0 Å². The fourth-order valence-electron chi connectivity index (χ4n) is 10.0. The Morgan fingerprint density at radius 3 is 2.42 bits per heavy atom. The molecular formula is C30H38O8. The Balaban J connectivity index is 1.60. The largest absolute Gasteiger partial charge is 0.472 e. The lowest BCUT2D eigenvalue weighted by Crippen LogP contribution is -2.71. The first-order valence-electron chi connectivity index (χ1n) is 13.7. The minimum atomic E-state index is -1.11. The van der Waals surface area contributed by atoms with Gasteiger partial charge < -0.3 is 23.7 Å². The summed E-state index contributed by atoms with van der Waals surface area (Å²) in [6, 6.07) is 1.91. The number of hydrogen-bond acceptors (Lipinski definition) is 8. The number of Topliss-reactive ketones (excluding diaryl/α,β-unsaturated/α-hetero) is 1. The lowest BCUT2D eigenvalue weighted by Gasteiger charge is -2.66. The molecule has 1 aromatic rings. The number of esters is 2. The summed E-state index contributed by atoms with van der Waals surface area (Å²) in [5.41, 5.74) is -0.862. The van der Waals surface area contributed by atoms with E-state index in [4.69, 9.17) is 18.6 Å². The maximum Gasteiger partial charge on any atom is 0.303 e. The quantitative estimate of drug-likeness (QED) is 0.463. The van der Waals surface area contributed by atoms with Crippen molar-refractivity contribution in [3.63, 3.8) is 0 Å². The summed E-state index contributed by atoms with van der Waals surface area (Å²) in [5, 5.41) is 12.5. The van der Waals surface area contributed by atoms with E-state index in [1.54, 1.807) is 12.5 Å². The first kappa shape index (κ1) is 25.8. The van der Waals surface area contributed by atoms with Crippen molar-refractivity contribution < 1.29 is 38.1 Å². The van der Waals surface area contributed by atoms with Crippen LogP contribution in [0, 0.1) is 28.1 Å². The lowest BCUT2D eigenvalue weighted by atomic mass is 9.38. The van der Waals surface area contributed by atoms with E-state index < -0.39 is 52.0 Å². The molecule has 5 aliphatic rings. The second-order valence-electron chi connectivity index (χ2n) is 13.2. The molecule has 206 valence electrons. The summed E-state index contributed by atoms with van der Waals surface area (Å²) in [6.45, 7) is 11.0. The number of furan rings is 1. The van der Waals surface area contributed by atoms with Crippen LogP contribution in [-0.2, 0) is 28.6 Å². The van der Waals surface area contributed by atoms with E-state index in [0.29, 0.717) is 19.3 Å². The Hall–Kier alpha value is -2.45. The summed E-state index contributed by atoms with van der Waals surface area (Å²) in [5.74, 6) is -1.51. The van der Waals surface area contributed by atoms with Crippen LogP contribution in [0.5, 0.6) is 0 Å². The molecule has 2 heterocycles. The number of carbonyl (C=O) groups is 3. The van der Waals surface area contributed by atoms with E-state index in [1.165, 1.54) is 13.8 Å². The van der Waals surface area contributed by atoms with Crippen LogP contribution in [0.2, 0.25) is 0 Å². The van der Waals surface area contributed by atoms with Crippen molar-refractivity contribution in [1.82, 2.24) is 0 Å². The summed E-state index contributed by atoms with van der Waals surface area (Å²) in [4.78, 5) is 38.1. The zero-order chi connectivity index (χ0) is 27.4. The molecule has 8 nitrogen and oxygen atoms in total. The Morgan fingerprint density at radius 2 is 1.79 bits per heavy atom. The van der Waals surface area contributed by atoms with E-state index in [1.807, 2.05) is 26.8 Å². The van der Waals surface area contributed by atoms with Crippen LogP contribution in [-0.4, -0.2) is 52.8 Å². The number of aliphatic hydroxyl groups excluding tert-OH is 1. The van der Waals surface area contributed by atoms with Crippen molar-refractivity contribution in [2.45, 2.75) is 103 Å². The highest BCUT2D eigenvalue weighted by molar-refractivity contribution is 5.83. The number of hydrogen-bond donors (Lipinski definition) is 1. The third-order valence-electron chi connectivity index (χ3n) is 11.0. The van der Waals surface area contributed by atoms with Gasteiger partial charge in [0.2, 0.25) is 0 Å². The number of carbonyl (C=O) groups excluding carboxylic acids is 3. The highest BCUT2D eigenvalue weighted by Gasteiger charge is 2.79. The van der Waals surface area contributed by atoms with Gasteiger partial charge in [-0.3, -0.25) is 14.4 Å². The van der Waals surface area contributed by atoms with Gasteiger partial charge in [0, 0.05) is 54.8 Å². The van der Waals surface area contributed by atoms with Crippen molar-refractivity contribution in [2.75, 3.05) is 0 Å². The van der Waals surface area contributed by atoms with E-state index >= 15 is 0 Å². The number of ether oxygens (including phenoxy) is 3. The Morgan fingerprint density at radius 1 is 1.08 bits per heavy atom. The molecule has 10 atom stereocenters. The van der Waals surface area contributed by atoms with Crippen LogP contribution in [0.15, 0.2) is 34.7 Å². The highest BCUT2D eigenvalue weighted by Crippen LogP contribution is 2.76. The number of ketones is 1. The molecule has 1 aliphatic heterocycles. The molecule has 1 spiro atoms. The van der Waals surface area contributed by atoms with Crippen LogP contribution in [0.25, 0.3) is 0 Å². The number of aliphatic hydroxyl groups is 1. The van der Waals surface area contributed by atoms with Gasteiger partial charge in [0.25, 0.3) is 0 Å². The van der Waals surface area contributed by atoms with Gasteiger partial charge in [0.1, 0.15) is 18.0 Å². The maximum absolute atomic E-state index is 13.1. The molecule has 1 unspecified atom stereocenters. The Bertz CT molecular complexity index is 1210. The summed E-state index contributed by atoms with van der Waals surface area (Å²) in [7, 11) is 0. The molecule has 1 aromatic heterocycles. The van der Waals surface area contributed by atoms with Crippen molar-refractivity contribution in [3.8, 4) is 0 Å². The van der Waals surface area contributed by atoms with Gasteiger partial charge in [0.15, 0.2) is 0 Å². The molecule has 4 aliphatic carbocycles. The number of allylic oxidation sites excluding steroid dienone is 1. The first-order chi connectivity index (χ1) is 17.8. The van der Waals surface area contributed by atoms with Gasteiger partial charge in [-0.25, -0.2) is 0 Å². The van der Waals surface area contributed by atoms with Gasteiger partial charge in [0.05, 0.1) is 30.3 Å². The molecule has 38 heavy (non-hydrogen) atoms. The fourth-order valence-corrected chi connectivity index (χ4v) is 10.0. The molecule has 1 saturated heterocycles. The minimum absolute atomic E-state index is 0.112. The van der Waals surface area contributed by atoms with Gasteiger partial charge in [-0.15, -0.1) is 0 Å². The number of rotatable bonds is 3. The van der Waals surface area contributed by atoms with Crippen molar-refractivity contribution in [2.24, 2.45) is 28.1 Å². The Kier molecular flexibility index (Phi) is 5.46. The zero-order valence-electron chi connectivity index (χ0n) is 23.0. The summed E-state index contributed by atoms with van der Waals surface area (Å²) in [6.07, 6.45) is 4.42. The topological polar surface area (TPSA) is 112 Å². The average molecular weight is 527 g/mol. The predicted molar refractivity (Wildman–Crippen MR) is 135 cm³/mol. The normalized spacial score (nSPS) is 46.4. The molecular weight excluding hydrogens is 488 g/mol. The minimum Gasteiger partial charge on any atom is -0.472 e. The van der Waals surface area contributed by atoms with Crippen molar-refractivity contribution >= 4 is 17.7 Å². The molecule has 0 bridgehead atoms. The smallest absolute Gasteiger partial charge is 0.303 e. The van der Waals surface area contributed by atoms with E-state index in [-0.39, 0.29) is 36.1 Å². The molecule has 0 amide bonds. The molecule has 1 N–H and O–H groups in total. The van der Waals surface area contributed by atoms with Crippen molar-refractivity contribution in [1.29, 1.82) is 0 Å². The van der Waals surface area contributed by atoms with Gasteiger partial charge in [-0.1, -0.05) is 25.5 Å². The molecule has 0 aromatic carbocycles. The standard InChI is InChI=1S/C30H38O8/c1-15(31)36-22-12-21-27(3,4)38-23-11-18(33)13-30(21,23)25-24(34)26(37-16(2)32)28(5)19(17-9-10-35-14-17)7-8-20(28)29(22,25)6/h8-10,14,19,21-26,34H,7,11-13H2,1-6H3/t19-,21-,22+,23-,24+,25?,26-,28-,29+,30+/m0/s1.